The number of tetrazole rings is 1. The molecular formula is C7H12ClN5. The van der Waals surface area contributed by atoms with Crippen molar-refractivity contribution in [3.63, 3.8) is 0 Å². The topological polar surface area (TPSA) is 46.8 Å². The molecule has 2 rings (SSSR count). The van der Waals surface area contributed by atoms with Crippen LogP contribution < -0.4 is 4.90 Å². The van der Waals surface area contributed by atoms with E-state index in [2.05, 4.69) is 20.4 Å². The van der Waals surface area contributed by atoms with Crippen LogP contribution in [0.4, 0.5) is 5.95 Å². The number of rotatable bonds is 4. The van der Waals surface area contributed by atoms with Gasteiger partial charge in [0.15, 0.2) is 0 Å². The van der Waals surface area contributed by atoms with Crippen molar-refractivity contribution in [2.45, 2.75) is 18.9 Å². The highest BCUT2D eigenvalue weighted by molar-refractivity contribution is 6.18. The summed E-state index contributed by atoms with van der Waals surface area (Å²) in [5, 5.41) is 11.4. The van der Waals surface area contributed by atoms with Crippen molar-refractivity contribution in [1.29, 1.82) is 0 Å². The first kappa shape index (κ1) is 8.74. The number of alkyl halides is 1. The lowest BCUT2D eigenvalue weighted by Gasteiger charge is -2.20. The summed E-state index contributed by atoms with van der Waals surface area (Å²) in [5.74, 6) is 1.44. The molecule has 1 aliphatic rings. The minimum atomic E-state index is 0.600. The third-order valence-corrected chi connectivity index (χ3v) is 2.34. The molecule has 0 spiro atoms. The zero-order valence-corrected chi connectivity index (χ0v) is 8.28. The highest BCUT2D eigenvalue weighted by atomic mass is 35.5. The molecular weight excluding hydrogens is 190 g/mol. The van der Waals surface area contributed by atoms with Gasteiger partial charge in [0.2, 0.25) is 5.95 Å². The van der Waals surface area contributed by atoms with E-state index in [0.29, 0.717) is 11.9 Å². The normalized spacial score (nSPS) is 16.2. The van der Waals surface area contributed by atoms with Crippen molar-refractivity contribution >= 4 is 17.5 Å². The summed E-state index contributed by atoms with van der Waals surface area (Å²) in [7, 11) is 1.85. The largest absolute Gasteiger partial charge is 0.336 e. The molecule has 1 aromatic heterocycles. The van der Waals surface area contributed by atoms with Crippen LogP contribution in [0.3, 0.4) is 0 Å². The molecule has 0 atom stereocenters. The summed E-state index contributed by atoms with van der Waals surface area (Å²) in [6.07, 6.45) is 2.45. The summed E-state index contributed by atoms with van der Waals surface area (Å²) >= 11 is 5.72. The maximum atomic E-state index is 5.72. The molecule has 6 heteroatoms. The Morgan fingerprint density at radius 3 is 2.85 bits per heavy atom. The first-order valence-corrected chi connectivity index (χ1v) is 4.91. The fourth-order valence-corrected chi connectivity index (χ4v) is 1.57. The van der Waals surface area contributed by atoms with Crippen LogP contribution in [0.15, 0.2) is 0 Å². The average Bonchev–Trinajstić information content (AvgIpc) is 2.86. The quantitative estimate of drug-likeness (QED) is 0.663. The van der Waals surface area contributed by atoms with Crippen molar-refractivity contribution in [1.82, 2.24) is 20.2 Å². The van der Waals surface area contributed by atoms with E-state index in [1.165, 1.54) is 12.8 Å². The van der Waals surface area contributed by atoms with E-state index >= 15 is 0 Å². The van der Waals surface area contributed by atoms with Crippen LogP contribution in [-0.2, 0) is 7.05 Å². The summed E-state index contributed by atoms with van der Waals surface area (Å²) < 4.78 is 1.69. The van der Waals surface area contributed by atoms with Crippen LogP contribution in [0.1, 0.15) is 12.8 Å². The molecule has 72 valence electrons. The SMILES string of the molecule is Cn1nnnc1N(CCCl)C1CC1. The van der Waals surface area contributed by atoms with E-state index in [-0.39, 0.29) is 0 Å². The van der Waals surface area contributed by atoms with Crippen molar-refractivity contribution in [3.8, 4) is 0 Å². The Morgan fingerprint density at radius 2 is 2.38 bits per heavy atom. The van der Waals surface area contributed by atoms with Gasteiger partial charge in [-0.15, -0.1) is 11.6 Å². The van der Waals surface area contributed by atoms with Gasteiger partial charge in [-0.1, -0.05) is 5.10 Å². The standard InChI is InChI=1S/C7H12ClN5/c1-12-7(9-10-11-12)13(5-4-8)6-2-3-6/h6H,2-5H2,1H3. The van der Waals surface area contributed by atoms with Gasteiger partial charge in [0.1, 0.15) is 0 Å². The molecule has 0 amide bonds. The zero-order valence-electron chi connectivity index (χ0n) is 7.52. The molecule has 0 radical (unpaired) electrons. The molecule has 0 unspecified atom stereocenters. The maximum Gasteiger partial charge on any atom is 0.245 e. The van der Waals surface area contributed by atoms with Crippen LogP contribution in [0.25, 0.3) is 0 Å². The Morgan fingerprint density at radius 1 is 1.62 bits per heavy atom. The number of anilines is 1. The van der Waals surface area contributed by atoms with Crippen molar-refractivity contribution in [2.24, 2.45) is 7.05 Å². The molecule has 0 N–H and O–H groups in total. The Kier molecular flexibility index (Phi) is 2.35. The van der Waals surface area contributed by atoms with Crippen molar-refractivity contribution in [2.75, 3.05) is 17.3 Å². The zero-order chi connectivity index (χ0) is 9.26. The van der Waals surface area contributed by atoms with Gasteiger partial charge in [0, 0.05) is 25.5 Å². The number of nitrogens with zero attached hydrogens (tertiary/aromatic N) is 5. The highest BCUT2D eigenvalue weighted by Crippen LogP contribution is 2.29. The van der Waals surface area contributed by atoms with E-state index in [1.807, 2.05) is 7.05 Å². The van der Waals surface area contributed by atoms with Gasteiger partial charge < -0.3 is 4.90 Å². The predicted octanol–water partition coefficient (Wildman–Crippen LogP) is 0.418. The highest BCUT2D eigenvalue weighted by Gasteiger charge is 2.31. The number of halogens is 1. The van der Waals surface area contributed by atoms with E-state index in [9.17, 15) is 0 Å². The van der Waals surface area contributed by atoms with Crippen LogP contribution in [0.2, 0.25) is 0 Å². The van der Waals surface area contributed by atoms with E-state index < -0.39 is 0 Å². The summed E-state index contributed by atoms with van der Waals surface area (Å²) in [4.78, 5) is 2.17. The molecule has 1 aliphatic carbocycles. The Bertz CT molecular complexity index is 282. The van der Waals surface area contributed by atoms with E-state index in [1.54, 1.807) is 4.68 Å². The molecule has 13 heavy (non-hydrogen) atoms. The van der Waals surface area contributed by atoms with Crippen molar-refractivity contribution < 1.29 is 0 Å². The van der Waals surface area contributed by atoms with E-state index in [0.717, 1.165) is 12.5 Å². The predicted molar refractivity (Wildman–Crippen MR) is 49.9 cm³/mol. The molecule has 5 nitrogen and oxygen atoms in total. The lowest BCUT2D eigenvalue weighted by molar-refractivity contribution is 0.682. The van der Waals surface area contributed by atoms with Gasteiger partial charge >= 0.3 is 0 Å². The van der Waals surface area contributed by atoms with Crippen LogP contribution in [0, 0.1) is 0 Å². The summed E-state index contributed by atoms with van der Waals surface area (Å²) in [5.41, 5.74) is 0. The Balaban J connectivity index is 2.14. The molecule has 1 aromatic rings. The van der Waals surface area contributed by atoms with E-state index in [4.69, 9.17) is 11.6 Å². The average molecular weight is 202 g/mol. The molecule has 1 heterocycles. The second-order valence-electron chi connectivity index (χ2n) is 3.22. The van der Waals surface area contributed by atoms with Gasteiger partial charge in [-0.25, -0.2) is 4.68 Å². The second-order valence-corrected chi connectivity index (χ2v) is 3.59. The monoisotopic (exact) mass is 201 g/mol. The van der Waals surface area contributed by atoms with Crippen LogP contribution in [0.5, 0.6) is 0 Å². The van der Waals surface area contributed by atoms with Gasteiger partial charge in [0.05, 0.1) is 0 Å². The fourth-order valence-electron chi connectivity index (χ4n) is 1.39. The molecule has 0 bridgehead atoms. The Labute approximate surface area is 81.7 Å². The maximum absolute atomic E-state index is 5.72. The summed E-state index contributed by atoms with van der Waals surface area (Å²) in [6, 6.07) is 0.600. The second kappa shape index (κ2) is 3.49. The lowest BCUT2D eigenvalue weighted by Crippen LogP contribution is -2.30. The molecule has 0 aromatic carbocycles. The third kappa shape index (κ3) is 1.75. The lowest BCUT2D eigenvalue weighted by atomic mass is 10.5. The minimum absolute atomic E-state index is 0.600. The van der Waals surface area contributed by atoms with Gasteiger partial charge in [-0.05, 0) is 23.3 Å². The fraction of sp³-hybridized carbons (Fsp3) is 0.857. The van der Waals surface area contributed by atoms with Gasteiger partial charge in [-0.2, -0.15) is 0 Å². The number of hydrogen-bond acceptors (Lipinski definition) is 4. The molecule has 0 aliphatic heterocycles. The number of aryl methyl sites for hydroxylation is 1. The van der Waals surface area contributed by atoms with Gasteiger partial charge in [-0.3, -0.25) is 0 Å². The third-order valence-electron chi connectivity index (χ3n) is 2.17. The smallest absolute Gasteiger partial charge is 0.245 e. The first-order valence-electron chi connectivity index (χ1n) is 4.38. The number of hydrogen-bond donors (Lipinski definition) is 0. The molecule has 1 fully saturated rings. The number of aromatic nitrogens is 4. The van der Waals surface area contributed by atoms with Crippen molar-refractivity contribution in [3.05, 3.63) is 0 Å². The Hall–Kier alpha value is -0.840. The summed E-state index contributed by atoms with van der Waals surface area (Å²) in [6.45, 7) is 0.820. The minimum Gasteiger partial charge on any atom is -0.336 e. The van der Waals surface area contributed by atoms with Crippen LogP contribution in [-0.4, -0.2) is 38.7 Å². The van der Waals surface area contributed by atoms with Gasteiger partial charge in [0.25, 0.3) is 0 Å². The molecule has 1 saturated carbocycles. The van der Waals surface area contributed by atoms with Crippen LogP contribution >= 0.6 is 11.6 Å². The first-order chi connectivity index (χ1) is 6.33. The molecule has 0 saturated heterocycles.